The fourth-order valence-corrected chi connectivity index (χ4v) is 1.15. The number of nitrogens with zero attached hydrogens (tertiary/aromatic N) is 2. The number of hydrogen-bond acceptors (Lipinski definition) is 4. The zero-order valence-electron chi connectivity index (χ0n) is 8.38. The monoisotopic (exact) mass is 215 g/mol. The van der Waals surface area contributed by atoms with E-state index in [0.717, 1.165) is 18.8 Å². The van der Waals surface area contributed by atoms with Gasteiger partial charge in [0.15, 0.2) is 0 Å². The first-order chi connectivity index (χ1) is 6.76. The van der Waals surface area contributed by atoms with Crippen LogP contribution in [0.15, 0.2) is 6.07 Å². The molecule has 0 fully saturated rings. The summed E-state index contributed by atoms with van der Waals surface area (Å²) in [5.41, 5.74) is 0. The van der Waals surface area contributed by atoms with E-state index < -0.39 is 0 Å². The Kier molecular flexibility index (Phi) is 4.46. The van der Waals surface area contributed by atoms with Crippen LogP contribution in [0.3, 0.4) is 0 Å². The van der Waals surface area contributed by atoms with Crippen LogP contribution in [0.1, 0.15) is 12.2 Å². The minimum absolute atomic E-state index is 0.575. The smallest absolute Gasteiger partial charge is 0.218 e. The molecular formula is C9H14ClN3O. The van der Waals surface area contributed by atoms with Crippen molar-refractivity contribution in [1.82, 2.24) is 9.97 Å². The summed E-state index contributed by atoms with van der Waals surface area (Å²) in [6, 6.07) is 1.77. The Morgan fingerprint density at radius 1 is 1.50 bits per heavy atom. The Morgan fingerprint density at radius 2 is 2.29 bits per heavy atom. The molecule has 0 atom stereocenters. The Balaban J connectivity index is 2.62. The van der Waals surface area contributed by atoms with Crippen LogP contribution < -0.4 is 10.1 Å². The molecule has 1 heterocycles. The minimum atomic E-state index is 0.575. The highest BCUT2D eigenvalue weighted by Gasteiger charge is 2.00. The second kappa shape index (κ2) is 5.65. The maximum atomic E-state index is 5.56. The fourth-order valence-electron chi connectivity index (χ4n) is 1.02. The summed E-state index contributed by atoms with van der Waals surface area (Å²) in [6.07, 6.45) is 0.910. The molecule has 1 aromatic heterocycles. The van der Waals surface area contributed by atoms with Crippen LogP contribution in [0.5, 0.6) is 5.88 Å². The Hall–Kier alpha value is -1.03. The number of ether oxygens (including phenoxy) is 1. The minimum Gasteiger partial charge on any atom is -0.481 e. The molecular weight excluding hydrogens is 202 g/mol. The largest absolute Gasteiger partial charge is 0.481 e. The third-order valence-electron chi connectivity index (χ3n) is 1.64. The van der Waals surface area contributed by atoms with Gasteiger partial charge in [-0.3, -0.25) is 0 Å². The van der Waals surface area contributed by atoms with Gasteiger partial charge in [-0.1, -0.05) is 0 Å². The van der Waals surface area contributed by atoms with Crippen LogP contribution in [0.4, 0.5) is 5.82 Å². The van der Waals surface area contributed by atoms with Crippen molar-refractivity contribution in [3.63, 3.8) is 0 Å². The number of methoxy groups -OCH3 is 1. The molecule has 1 rings (SSSR count). The van der Waals surface area contributed by atoms with Crippen molar-refractivity contribution in [3.8, 4) is 5.88 Å². The number of alkyl halides is 1. The molecule has 0 spiro atoms. The topological polar surface area (TPSA) is 47.0 Å². The molecule has 0 aliphatic heterocycles. The number of aromatic nitrogens is 2. The van der Waals surface area contributed by atoms with E-state index in [2.05, 4.69) is 15.3 Å². The summed E-state index contributed by atoms with van der Waals surface area (Å²) in [5.74, 6) is 2.69. The molecule has 0 aromatic carbocycles. The second-order valence-corrected chi connectivity index (χ2v) is 3.19. The summed E-state index contributed by atoms with van der Waals surface area (Å²) >= 11 is 5.56. The van der Waals surface area contributed by atoms with Crippen molar-refractivity contribution in [2.45, 2.75) is 13.3 Å². The second-order valence-electron chi connectivity index (χ2n) is 2.81. The molecule has 0 aliphatic carbocycles. The Labute approximate surface area is 88.7 Å². The quantitative estimate of drug-likeness (QED) is 0.602. The van der Waals surface area contributed by atoms with Gasteiger partial charge in [-0.05, 0) is 13.3 Å². The lowest BCUT2D eigenvalue weighted by molar-refractivity contribution is 0.396. The van der Waals surface area contributed by atoms with E-state index in [4.69, 9.17) is 16.3 Å². The summed E-state index contributed by atoms with van der Waals surface area (Å²) in [4.78, 5) is 8.29. The first-order valence-electron chi connectivity index (χ1n) is 4.45. The lowest BCUT2D eigenvalue weighted by atomic mass is 10.4. The van der Waals surface area contributed by atoms with Crippen LogP contribution in [-0.2, 0) is 0 Å². The standard InChI is InChI=1S/C9H14ClN3O/c1-7-12-8(11-5-3-4-10)6-9(13-7)14-2/h6H,3-5H2,1-2H3,(H,11,12,13). The van der Waals surface area contributed by atoms with Crippen molar-refractivity contribution in [3.05, 3.63) is 11.9 Å². The van der Waals surface area contributed by atoms with Gasteiger partial charge in [-0.25, -0.2) is 4.98 Å². The van der Waals surface area contributed by atoms with Gasteiger partial charge in [0.1, 0.15) is 11.6 Å². The van der Waals surface area contributed by atoms with Crippen molar-refractivity contribution < 1.29 is 4.74 Å². The number of nitrogens with one attached hydrogen (secondary N) is 1. The third-order valence-corrected chi connectivity index (χ3v) is 1.91. The highest BCUT2D eigenvalue weighted by molar-refractivity contribution is 6.17. The molecule has 14 heavy (non-hydrogen) atoms. The molecule has 0 aliphatic rings. The van der Waals surface area contributed by atoms with Gasteiger partial charge in [-0.2, -0.15) is 4.98 Å². The summed E-state index contributed by atoms with van der Waals surface area (Å²) < 4.78 is 5.02. The molecule has 0 radical (unpaired) electrons. The van der Waals surface area contributed by atoms with Crippen LogP contribution >= 0.6 is 11.6 Å². The predicted octanol–water partition coefficient (Wildman–Crippen LogP) is 1.83. The predicted molar refractivity (Wildman–Crippen MR) is 57.1 cm³/mol. The van der Waals surface area contributed by atoms with Crippen LogP contribution in [0.25, 0.3) is 0 Å². The van der Waals surface area contributed by atoms with Gasteiger partial charge in [0, 0.05) is 18.5 Å². The molecule has 0 unspecified atom stereocenters. The van der Waals surface area contributed by atoms with E-state index in [1.807, 2.05) is 6.92 Å². The maximum Gasteiger partial charge on any atom is 0.218 e. The average molecular weight is 216 g/mol. The van der Waals surface area contributed by atoms with E-state index in [-0.39, 0.29) is 0 Å². The fraction of sp³-hybridized carbons (Fsp3) is 0.556. The van der Waals surface area contributed by atoms with Crippen LogP contribution in [-0.4, -0.2) is 29.5 Å². The molecule has 4 nitrogen and oxygen atoms in total. The number of halogens is 1. The molecule has 78 valence electrons. The third kappa shape index (κ3) is 3.38. The summed E-state index contributed by atoms with van der Waals surface area (Å²) in [7, 11) is 1.59. The Bertz CT molecular complexity index is 293. The zero-order chi connectivity index (χ0) is 10.4. The van der Waals surface area contributed by atoms with Gasteiger partial charge in [0.2, 0.25) is 5.88 Å². The first kappa shape index (κ1) is 11.0. The number of hydrogen-bond donors (Lipinski definition) is 1. The number of anilines is 1. The van der Waals surface area contributed by atoms with Gasteiger partial charge in [0.05, 0.1) is 7.11 Å². The maximum absolute atomic E-state index is 5.56. The highest BCUT2D eigenvalue weighted by Crippen LogP contribution is 2.12. The van der Waals surface area contributed by atoms with Crippen molar-refractivity contribution in [2.24, 2.45) is 0 Å². The molecule has 0 saturated carbocycles. The van der Waals surface area contributed by atoms with Crippen LogP contribution in [0.2, 0.25) is 0 Å². The molecule has 0 saturated heterocycles. The zero-order valence-corrected chi connectivity index (χ0v) is 9.14. The number of rotatable bonds is 5. The van der Waals surface area contributed by atoms with Crippen molar-refractivity contribution in [1.29, 1.82) is 0 Å². The van der Waals surface area contributed by atoms with Gasteiger partial charge < -0.3 is 10.1 Å². The number of aryl methyl sites for hydroxylation is 1. The lowest BCUT2D eigenvalue weighted by Gasteiger charge is -2.06. The van der Waals surface area contributed by atoms with E-state index >= 15 is 0 Å². The molecule has 5 heteroatoms. The normalized spacial score (nSPS) is 9.93. The first-order valence-corrected chi connectivity index (χ1v) is 4.99. The molecule has 1 aromatic rings. The van der Waals surface area contributed by atoms with Gasteiger partial charge in [-0.15, -0.1) is 11.6 Å². The highest BCUT2D eigenvalue weighted by atomic mass is 35.5. The molecule has 0 amide bonds. The van der Waals surface area contributed by atoms with Gasteiger partial charge >= 0.3 is 0 Å². The van der Waals surface area contributed by atoms with E-state index in [1.54, 1.807) is 13.2 Å². The van der Waals surface area contributed by atoms with Crippen LogP contribution in [0, 0.1) is 6.92 Å². The van der Waals surface area contributed by atoms with Gasteiger partial charge in [0.25, 0.3) is 0 Å². The van der Waals surface area contributed by atoms with Crippen molar-refractivity contribution in [2.75, 3.05) is 24.9 Å². The average Bonchev–Trinajstić information content (AvgIpc) is 2.17. The van der Waals surface area contributed by atoms with E-state index in [1.165, 1.54) is 0 Å². The van der Waals surface area contributed by atoms with Crippen molar-refractivity contribution >= 4 is 17.4 Å². The molecule has 1 N–H and O–H groups in total. The molecule has 0 bridgehead atoms. The lowest BCUT2D eigenvalue weighted by Crippen LogP contribution is -2.05. The summed E-state index contributed by atoms with van der Waals surface area (Å²) in [6.45, 7) is 2.64. The van der Waals surface area contributed by atoms with E-state index in [9.17, 15) is 0 Å². The Morgan fingerprint density at radius 3 is 2.93 bits per heavy atom. The SMILES string of the molecule is COc1cc(NCCCCl)nc(C)n1. The van der Waals surface area contributed by atoms with E-state index in [0.29, 0.717) is 17.6 Å². The summed E-state index contributed by atoms with van der Waals surface area (Å²) in [5, 5.41) is 3.15.